The quantitative estimate of drug-likeness (QED) is 0.0727. The first-order valence-electron chi connectivity index (χ1n) is 28.0. The Bertz CT molecular complexity index is 2360. The highest BCUT2D eigenvalue weighted by molar-refractivity contribution is 8.77. The minimum Gasteiger partial charge on any atom is -0.238 e. The van der Waals surface area contributed by atoms with E-state index in [1.807, 2.05) is 18.2 Å². The second-order valence-electron chi connectivity index (χ2n) is 25.6. The first-order valence-corrected chi connectivity index (χ1v) is 58.8. The molecule has 0 heterocycles. The molecule has 1 aromatic carbocycles. The maximum atomic E-state index is 10.0. The van der Waals surface area contributed by atoms with Crippen LogP contribution in [-0.4, -0.2) is 32.3 Å². The van der Waals surface area contributed by atoms with Gasteiger partial charge in [-0.15, -0.1) is 60.1 Å². The molecule has 4 fully saturated rings. The average Bonchev–Trinajstić information content (AvgIpc) is 4.22. The van der Waals surface area contributed by atoms with Crippen molar-refractivity contribution in [1.29, 1.82) is 15.8 Å². The smallest absolute Gasteiger partial charge is 0.238 e. The van der Waals surface area contributed by atoms with Crippen molar-refractivity contribution in [2.24, 2.45) is 23.7 Å². The van der Waals surface area contributed by atoms with Crippen molar-refractivity contribution in [2.75, 3.05) is 0 Å². The average molecular weight is 1310 g/mol. The van der Waals surface area contributed by atoms with Crippen LogP contribution in [0.15, 0.2) is 37.4 Å². The highest BCUT2D eigenvalue weighted by Crippen LogP contribution is 2.72. The minimum absolute atomic E-state index is 0.0206. The third-order valence-corrected chi connectivity index (χ3v) is 51.2. The summed E-state index contributed by atoms with van der Waals surface area (Å²) in [6.45, 7) is 68.6. The van der Waals surface area contributed by atoms with Crippen molar-refractivity contribution in [1.82, 2.24) is 0 Å². The predicted octanol–water partition coefficient (Wildman–Crippen LogP) is 22.5. The Balaban J connectivity index is 0. The van der Waals surface area contributed by atoms with Crippen molar-refractivity contribution >= 4 is 138 Å². The van der Waals surface area contributed by atoms with Crippen LogP contribution in [-0.2, 0) is 0 Å². The summed E-state index contributed by atoms with van der Waals surface area (Å²) in [6.07, 6.45) is 23.4. The van der Waals surface area contributed by atoms with E-state index < -0.39 is 32.3 Å². The van der Waals surface area contributed by atoms with E-state index in [0.717, 1.165) is 69.6 Å². The lowest BCUT2D eigenvalue weighted by molar-refractivity contribution is 0.346. The lowest BCUT2D eigenvalue weighted by Gasteiger charge is -2.27. The SMILES string of the molecule is C=CC1CCC([Si](C)(C)C)C1.CCC.CCC.C[Si](C)(C)C1CCC(C2CCC([Si](C)(C)C)C2)C1.PPP(P)P.PPP(P)P.[C-]#[N+]C(=C)c1c/c(=C(/C#N)[N+]#[C-])c(C(C#N)=CC2CCC([Si](C)(C)C)C2)c/c1=C(\C#N)[N+]#[C-]. The van der Waals surface area contributed by atoms with E-state index in [1.54, 1.807) is 38.5 Å². The van der Waals surface area contributed by atoms with Crippen LogP contribution in [0.3, 0.4) is 0 Å². The maximum Gasteiger partial charge on any atom is 0.269 e. The van der Waals surface area contributed by atoms with Gasteiger partial charge >= 0.3 is 0 Å². The molecule has 4 saturated carbocycles. The fourth-order valence-corrected chi connectivity index (χ4v) is 18.8. The van der Waals surface area contributed by atoms with Gasteiger partial charge in [0.15, 0.2) is 5.70 Å². The normalized spacial score (nSPS) is 23.6. The summed E-state index contributed by atoms with van der Waals surface area (Å²) >= 11 is 0. The van der Waals surface area contributed by atoms with Gasteiger partial charge in [-0.3, -0.25) is 0 Å². The van der Waals surface area contributed by atoms with Gasteiger partial charge in [-0.05, 0) is 120 Å². The molecule has 434 valence electrons. The third-order valence-electron chi connectivity index (χ3n) is 15.5. The Morgan fingerprint density at radius 1 is 0.564 bits per heavy atom. The van der Waals surface area contributed by atoms with Gasteiger partial charge in [0.1, 0.15) is 0 Å². The molecule has 4 aliphatic rings. The third kappa shape index (κ3) is 30.9. The Kier molecular flexibility index (Phi) is 42.6. The summed E-state index contributed by atoms with van der Waals surface area (Å²) in [5.74, 6) is 3.27. The van der Waals surface area contributed by atoms with Crippen LogP contribution in [0.5, 0.6) is 0 Å². The molecule has 78 heavy (non-hydrogen) atoms. The summed E-state index contributed by atoms with van der Waals surface area (Å²) in [5, 5.41) is 29.4. The van der Waals surface area contributed by atoms with E-state index in [1.165, 1.54) is 44.2 Å². The van der Waals surface area contributed by atoms with Crippen LogP contribution in [0.4, 0.5) is 0 Å². The van der Waals surface area contributed by atoms with Gasteiger partial charge in [0.25, 0.3) is 11.4 Å². The molecule has 0 aliphatic heterocycles. The first kappa shape index (κ1) is 80.4. The molecule has 0 bridgehead atoms. The van der Waals surface area contributed by atoms with Crippen molar-refractivity contribution < 1.29 is 0 Å². The molecule has 0 N–H and O–H groups in total. The van der Waals surface area contributed by atoms with E-state index >= 15 is 0 Å². The molecular formula is C58H106N6P10Si4. The van der Waals surface area contributed by atoms with Crippen LogP contribution in [0.25, 0.3) is 37.2 Å². The standard InChI is InChI=1S/C26H22N6Si.C16H34Si2.C10H20Si.2C3H8.2H7P5/c1-17(30-2)21-12-24(26(16-29)32-4)22(13-23(21)25(15-28)31-3)19(14-27)10-18-8-9-20(11-18)33(5,6)7;1-17(2,3)15-9-7-13(11-15)14-8-10-16(12-14)18(4,5)6;1-5-9-6-7-10(8-9)11(2,3)4;2*1-3-2;2*1-4-5(2)3/h10,12-13,18,20H,1,8-9,11H2,5-7H3;13-16H,7-12H2,1-6H3;5,9-10H,1,6-8H2,2-4H3;2*3H2,1-2H3;2*4H,1-3H2/b19-10?,25-23-,26-24+;;;;;;. The predicted molar refractivity (Wildman–Crippen MR) is 395 cm³/mol. The van der Waals surface area contributed by atoms with Gasteiger partial charge < -0.3 is 0 Å². The summed E-state index contributed by atoms with van der Waals surface area (Å²) in [6, 6.07) is 8.79. The molecule has 20 heteroatoms. The topological polar surface area (TPSA) is 84.5 Å². The molecule has 0 spiro atoms. The fraction of sp³-hybridized carbons (Fsp3) is 0.655. The number of hydrogen-bond acceptors (Lipinski definition) is 3. The van der Waals surface area contributed by atoms with Crippen LogP contribution in [0.1, 0.15) is 129 Å². The molecule has 16 atom stereocenters. The van der Waals surface area contributed by atoms with Gasteiger partial charge in [-0.2, -0.15) is 5.26 Å². The van der Waals surface area contributed by atoms with E-state index in [9.17, 15) is 15.8 Å². The molecular weight excluding hydrogens is 1200 g/mol. The minimum atomic E-state index is -1.31. The fourth-order valence-electron chi connectivity index (χ4n) is 10.7. The van der Waals surface area contributed by atoms with E-state index in [4.69, 9.17) is 19.7 Å². The molecule has 5 rings (SSSR count). The molecule has 0 aromatic heterocycles. The Labute approximate surface area is 503 Å². The van der Waals surface area contributed by atoms with Crippen molar-refractivity contribution in [3.63, 3.8) is 0 Å². The van der Waals surface area contributed by atoms with Crippen molar-refractivity contribution in [3.05, 3.63) is 93.3 Å². The van der Waals surface area contributed by atoms with Gasteiger partial charge in [-0.25, -0.2) is 25.1 Å². The van der Waals surface area contributed by atoms with Crippen LogP contribution < -0.4 is 10.4 Å². The maximum absolute atomic E-state index is 10.0. The molecule has 16 unspecified atom stereocenters. The molecule has 0 amide bonds. The molecule has 6 nitrogen and oxygen atoms in total. The zero-order valence-electron chi connectivity index (χ0n) is 51.3. The highest BCUT2D eigenvalue weighted by Gasteiger charge is 2.42. The summed E-state index contributed by atoms with van der Waals surface area (Å²) < 4.78 is 0. The Hall–Kier alpha value is 0.288. The number of hydrogen-bond donors (Lipinski definition) is 0. The summed E-state index contributed by atoms with van der Waals surface area (Å²) in [4.78, 5) is 9.89. The van der Waals surface area contributed by atoms with Crippen LogP contribution in [0, 0.1) is 77.4 Å². The lowest BCUT2D eigenvalue weighted by atomic mass is 9.90. The molecule has 1 aromatic rings. The molecule has 0 saturated heterocycles. The number of nitriles is 3. The van der Waals surface area contributed by atoms with E-state index in [0.29, 0.717) is 16.7 Å². The van der Waals surface area contributed by atoms with Crippen LogP contribution >= 0.6 is 83.5 Å². The summed E-state index contributed by atoms with van der Waals surface area (Å²) in [7, 11) is 14.6. The van der Waals surface area contributed by atoms with Gasteiger partial charge in [0, 0.05) is 32.3 Å². The summed E-state index contributed by atoms with van der Waals surface area (Å²) in [5.41, 5.74) is 4.29. The monoisotopic (exact) mass is 1310 g/mol. The number of benzene rings is 1. The van der Waals surface area contributed by atoms with E-state index in [2.05, 4.69) is 200 Å². The first-order chi connectivity index (χ1) is 36.2. The number of rotatable bonds is 11. The van der Waals surface area contributed by atoms with Gasteiger partial charge in [-0.1, -0.05) is 204 Å². The number of allylic oxidation sites excluding steroid dienone is 3. The highest BCUT2D eigenvalue weighted by atomic mass is 32.8. The Morgan fingerprint density at radius 3 is 1.13 bits per heavy atom. The lowest BCUT2D eigenvalue weighted by Crippen LogP contribution is -2.27. The second-order valence-corrected chi connectivity index (χ2v) is 75.7. The van der Waals surface area contributed by atoms with Crippen molar-refractivity contribution in [2.45, 2.75) is 218 Å². The van der Waals surface area contributed by atoms with Gasteiger partial charge in [0.05, 0.1) is 43.5 Å². The van der Waals surface area contributed by atoms with Crippen molar-refractivity contribution in [3.8, 4) is 18.2 Å². The molecule has 4 aliphatic carbocycles. The largest absolute Gasteiger partial charge is 0.269 e. The number of nitrogens with zero attached hydrogens (tertiary/aromatic N) is 6. The Morgan fingerprint density at radius 2 is 0.872 bits per heavy atom. The zero-order chi connectivity index (χ0) is 60.8. The molecule has 0 radical (unpaired) electrons. The van der Waals surface area contributed by atoms with Crippen LogP contribution in [0.2, 0.25) is 101 Å². The zero-order valence-corrected chi connectivity index (χ0v) is 66.0. The van der Waals surface area contributed by atoms with Gasteiger partial charge in [0.2, 0.25) is 0 Å². The van der Waals surface area contributed by atoms with E-state index in [-0.39, 0.29) is 53.0 Å². The second kappa shape index (κ2) is 41.4.